The highest BCUT2D eigenvalue weighted by Crippen LogP contribution is 2.18. The molecule has 3 aromatic heterocycles. The Morgan fingerprint density at radius 1 is 1.30 bits per heavy atom. The molecule has 0 saturated carbocycles. The van der Waals surface area contributed by atoms with Gasteiger partial charge < -0.3 is 9.73 Å². The Morgan fingerprint density at radius 2 is 2.20 bits per heavy atom. The second-order valence-electron chi connectivity index (χ2n) is 4.06. The van der Waals surface area contributed by atoms with E-state index < -0.39 is 0 Å². The Bertz CT molecular complexity index is 682. The molecule has 3 rings (SSSR count). The lowest BCUT2D eigenvalue weighted by Gasteiger charge is -2.11. The van der Waals surface area contributed by atoms with E-state index in [0.717, 1.165) is 5.76 Å². The monoisotopic (exact) mass is 290 g/mol. The van der Waals surface area contributed by atoms with E-state index in [4.69, 9.17) is 16.0 Å². The van der Waals surface area contributed by atoms with Crippen LogP contribution in [0.3, 0.4) is 0 Å². The van der Waals surface area contributed by atoms with Crippen molar-refractivity contribution in [2.24, 2.45) is 0 Å². The van der Waals surface area contributed by atoms with E-state index in [-0.39, 0.29) is 11.3 Å². The van der Waals surface area contributed by atoms with Crippen molar-refractivity contribution in [1.29, 1.82) is 0 Å². The van der Waals surface area contributed by atoms with Gasteiger partial charge in [-0.05, 0) is 36.7 Å². The topological polar surface area (TPSA) is 81.7 Å². The first-order chi connectivity index (χ1) is 9.72. The Morgan fingerprint density at radius 3 is 2.90 bits per heavy atom. The van der Waals surface area contributed by atoms with Crippen LogP contribution in [0.15, 0.2) is 41.3 Å². The third kappa shape index (κ3) is 2.62. The summed E-state index contributed by atoms with van der Waals surface area (Å²) < 4.78 is 6.83. The van der Waals surface area contributed by atoms with Crippen LogP contribution in [0.25, 0.3) is 5.95 Å². The number of hydrogen-bond acceptors (Lipinski definition) is 6. The minimum atomic E-state index is -0.0889. The smallest absolute Gasteiger partial charge is 0.256 e. The van der Waals surface area contributed by atoms with Gasteiger partial charge in [0, 0.05) is 12.4 Å². The Labute approximate surface area is 119 Å². The van der Waals surface area contributed by atoms with Crippen LogP contribution in [-0.4, -0.2) is 24.7 Å². The lowest BCUT2D eigenvalue weighted by Crippen LogP contribution is -2.12. The molecule has 0 spiro atoms. The van der Waals surface area contributed by atoms with E-state index in [1.54, 1.807) is 24.7 Å². The third-order valence-electron chi connectivity index (χ3n) is 2.62. The molecule has 1 unspecified atom stereocenters. The molecule has 0 bridgehead atoms. The summed E-state index contributed by atoms with van der Waals surface area (Å²) in [7, 11) is 0. The van der Waals surface area contributed by atoms with Crippen molar-refractivity contribution in [2.45, 2.75) is 13.0 Å². The molecule has 8 heteroatoms. The van der Waals surface area contributed by atoms with Crippen LogP contribution >= 0.6 is 11.6 Å². The van der Waals surface area contributed by atoms with Crippen LogP contribution < -0.4 is 5.32 Å². The van der Waals surface area contributed by atoms with Crippen molar-refractivity contribution in [3.05, 3.63) is 47.9 Å². The summed E-state index contributed by atoms with van der Waals surface area (Å²) in [6.07, 6.45) is 4.98. The fourth-order valence-corrected chi connectivity index (χ4v) is 1.85. The van der Waals surface area contributed by atoms with Gasteiger partial charge in [-0.25, -0.2) is 4.68 Å². The standard InChI is InChI=1S/C12H11ClN6O/c1-8(9-4-2-7-20-9)15-11-16-10(13)17-12(18-11)19-6-3-5-14-19/h2-8H,1H3,(H,15,16,17,18). The molecule has 0 radical (unpaired) electrons. The van der Waals surface area contributed by atoms with Gasteiger partial charge in [-0.2, -0.15) is 20.1 Å². The fourth-order valence-electron chi connectivity index (χ4n) is 1.70. The molecule has 1 N–H and O–H groups in total. The SMILES string of the molecule is CC(Nc1nc(Cl)nc(-n2cccn2)n1)c1ccco1. The number of nitrogens with zero attached hydrogens (tertiary/aromatic N) is 5. The predicted octanol–water partition coefficient (Wildman–Crippen LogP) is 2.48. The molecule has 0 amide bonds. The fraction of sp³-hybridized carbons (Fsp3) is 0.167. The van der Waals surface area contributed by atoms with Gasteiger partial charge >= 0.3 is 0 Å². The molecular formula is C12H11ClN6O. The molecule has 0 aliphatic heterocycles. The van der Waals surface area contributed by atoms with Crippen molar-refractivity contribution in [3.63, 3.8) is 0 Å². The predicted molar refractivity (Wildman–Crippen MR) is 72.7 cm³/mol. The van der Waals surface area contributed by atoms with Crippen molar-refractivity contribution in [1.82, 2.24) is 24.7 Å². The zero-order valence-corrected chi connectivity index (χ0v) is 11.3. The zero-order chi connectivity index (χ0) is 13.9. The van der Waals surface area contributed by atoms with E-state index in [1.807, 2.05) is 19.1 Å². The first-order valence-corrected chi connectivity index (χ1v) is 6.32. The summed E-state index contributed by atoms with van der Waals surface area (Å²) in [5, 5.41) is 7.26. The van der Waals surface area contributed by atoms with Crippen LogP contribution in [0.5, 0.6) is 0 Å². The van der Waals surface area contributed by atoms with Crippen molar-refractivity contribution in [3.8, 4) is 5.95 Å². The normalized spacial score (nSPS) is 12.3. The van der Waals surface area contributed by atoms with E-state index in [9.17, 15) is 0 Å². The van der Waals surface area contributed by atoms with E-state index in [0.29, 0.717) is 11.9 Å². The number of halogens is 1. The average Bonchev–Trinajstić information content (AvgIpc) is 3.12. The van der Waals surface area contributed by atoms with Crippen LogP contribution in [0.2, 0.25) is 5.28 Å². The number of nitrogens with one attached hydrogen (secondary N) is 1. The molecule has 0 fully saturated rings. The van der Waals surface area contributed by atoms with Gasteiger partial charge in [0.15, 0.2) is 0 Å². The third-order valence-corrected chi connectivity index (χ3v) is 2.79. The van der Waals surface area contributed by atoms with Gasteiger partial charge in [-0.15, -0.1) is 0 Å². The Hall–Kier alpha value is -2.41. The highest BCUT2D eigenvalue weighted by Gasteiger charge is 2.12. The number of hydrogen-bond donors (Lipinski definition) is 1. The van der Waals surface area contributed by atoms with Gasteiger partial charge in [0.2, 0.25) is 11.2 Å². The van der Waals surface area contributed by atoms with Gasteiger partial charge in [-0.1, -0.05) is 0 Å². The number of rotatable bonds is 4. The van der Waals surface area contributed by atoms with E-state index in [2.05, 4.69) is 25.4 Å². The maximum Gasteiger partial charge on any atom is 0.256 e. The lowest BCUT2D eigenvalue weighted by molar-refractivity contribution is 0.489. The van der Waals surface area contributed by atoms with E-state index >= 15 is 0 Å². The quantitative estimate of drug-likeness (QED) is 0.795. The molecule has 0 saturated heterocycles. The van der Waals surface area contributed by atoms with Crippen molar-refractivity contribution in [2.75, 3.05) is 5.32 Å². The van der Waals surface area contributed by atoms with Crippen molar-refractivity contribution >= 4 is 17.5 Å². The Balaban J connectivity index is 1.87. The molecule has 102 valence electrons. The maximum absolute atomic E-state index is 5.91. The van der Waals surface area contributed by atoms with Gasteiger partial charge in [0.1, 0.15) is 5.76 Å². The van der Waals surface area contributed by atoms with Crippen LogP contribution in [0.4, 0.5) is 5.95 Å². The summed E-state index contributed by atoms with van der Waals surface area (Å²) >= 11 is 5.91. The molecule has 0 aliphatic rings. The zero-order valence-electron chi connectivity index (χ0n) is 10.6. The van der Waals surface area contributed by atoms with Gasteiger partial charge in [-0.3, -0.25) is 0 Å². The lowest BCUT2D eigenvalue weighted by atomic mass is 10.2. The van der Waals surface area contributed by atoms with Crippen molar-refractivity contribution < 1.29 is 4.42 Å². The molecule has 3 heterocycles. The van der Waals surface area contributed by atoms with E-state index in [1.165, 1.54) is 4.68 Å². The number of furan rings is 1. The molecule has 3 aromatic rings. The van der Waals surface area contributed by atoms with Gasteiger partial charge in [0.25, 0.3) is 5.95 Å². The molecule has 0 aliphatic carbocycles. The molecule has 1 atom stereocenters. The number of anilines is 1. The summed E-state index contributed by atoms with van der Waals surface area (Å²) in [5.74, 6) is 1.49. The minimum Gasteiger partial charge on any atom is -0.467 e. The summed E-state index contributed by atoms with van der Waals surface area (Å²) in [4.78, 5) is 12.3. The first kappa shape index (κ1) is 12.6. The summed E-state index contributed by atoms with van der Waals surface area (Å²) in [5.41, 5.74) is 0. The van der Waals surface area contributed by atoms with Crippen LogP contribution in [0.1, 0.15) is 18.7 Å². The van der Waals surface area contributed by atoms with Crippen LogP contribution in [-0.2, 0) is 0 Å². The maximum atomic E-state index is 5.91. The first-order valence-electron chi connectivity index (χ1n) is 5.94. The largest absolute Gasteiger partial charge is 0.467 e. The minimum absolute atomic E-state index is 0.0889. The molecule has 20 heavy (non-hydrogen) atoms. The highest BCUT2D eigenvalue weighted by molar-refractivity contribution is 6.28. The Kier molecular flexibility index (Phi) is 3.34. The van der Waals surface area contributed by atoms with Gasteiger partial charge in [0.05, 0.1) is 12.3 Å². The average molecular weight is 291 g/mol. The number of aromatic nitrogens is 5. The molecular weight excluding hydrogens is 280 g/mol. The second-order valence-corrected chi connectivity index (χ2v) is 4.40. The van der Waals surface area contributed by atoms with Crippen LogP contribution in [0, 0.1) is 0 Å². The summed E-state index contributed by atoms with van der Waals surface area (Å²) in [6.45, 7) is 1.93. The second kappa shape index (κ2) is 5.30. The highest BCUT2D eigenvalue weighted by atomic mass is 35.5. The molecule has 7 nitrogen and oxygen atoms in total. The molecule has 0 aromatic carbocycles. The summed E-state index contributed by atoms with van der Waals surface area (Å²) in [6, 6.07) is 5.38.